The minimum absolute atomic E-state index is 0.403. The molecule has 0 fully saturated rings. The Bertz CT molecular complexity index is 838. The maximum atomic E-state index is 6.16. The number of nitrogens with one attached hydrogen (secondary N) is 3. The summed E-state index contributed by atoms with van der Waals surface area (Å²) in [6, 6.07) is 15.3. The zero-order valence-electron chi connectivity index (χ0n) is 13.0. The molecule has 7 heteroatoms. The Hall–Kier alpha value is -2.99. The Balaban J connectivity index is 1.79. The number of rotatable bonds is 5. The van der Waals surface area contributed by atoms with Crippen molar-refractivity contribution in [2.45, 2.75) is 6.92 Å². The van der Waals surface area contributed by atoms with Gasteiger partial charge in [-0.3, -0.25) is 10.9 Å². The number of aromatic nitrogens is 2. The normalized spacial score (nSPS) is 10.2. The van der Waals surface area contributed by atoms with Gasteiger partial charge in [0, 0.05) is 10.7 Å². The molecule has 1 aromatic heterocycles. The van der Waals surface area contributed by atoms with Gasteiger partial charge in [0.2, 0.25) is 0 Å². The lowest BCUT2D eigenvalue weighted by molar-refractivity contribution is 1.16. The van der Waals surface area contributed by atoms with Gasteiger partial charge in [-0.15, -0.1) is 0 Å². The molecule has 0 saturated carbocycles. The summed E-state index contributed by atoms with van der Waals surface area (Å²) in [5.41, 5.74) is 15.4. The highest BCUT2D eigenvalue weighted by Crippen LogP contribution is 2.28. The van der Waals surface area contributed by atoms with Crippen LogP contribution in [-0.4, -0.2) is 9.97 Å². The minimum Gasteiger partial charge on any atom is -0.393 e. The molecule has 0 unspecified atom stereocenters. The van der Waals surface area contributed by atoms with Crippen molar-refractivity contribution >= 4 is 40.3 Å². The second-order valence-corrected chi connectivity index (χ2v) is 5.62. The number of anilines is 5. The summed E-state index contributed by atoms with van der Waals surface area (Å²) in [6.07, 6.45) is 1.44. The molecule has 122 valence electrons. The molecule has 0 saturated heterocycles. The number of para-hydroxylation sites is 1. The second kappa shape index (κ2) is 7.06. The number of nitrogens with two attached hydrogens (primary N) is 1. The zero-order chi connectivity index (χ0) is 16.9. The first-order valence-electron chi connectivity index (χ1n) is 7.34. The number of hydrazine groups is 1. The molecule has 3 rings (SSSR count). The van der Waals surface area contributed by atoms with Crippen LogP contribution in [0.1, 0.15) is 5.56 Å². The SMILES string of the molecule is Cc1ccc(Cl)cc1Nc1ncnc(NNc2ccccc2)c1N. The van der Waals surface area contributed by atoms with Crippen LogP contribution in [0.2, 0.25) is 5.02 Å². The van der Waals surface area contributed by atoms with Crippen LogP contribution in [0, 0.1) is 6.92 Å². The van der Waals surface area contributed by atoms with E-state index in [2.05, 4.69) is 26.1 Å². The highest BCUT2D eigenvalue weighted by atomic mass is 35.5. The Morgan fingerprint density at radius 2 is 1.71 bits per heavy atom. The van der Waals surface area contributed by atoms with Crippen molar-refractivity contribution in [3.63, 3.8) is 0 Å². The van der Waals surface area contributed by atoms with Crippen molar-refractivity contribution in [3.05, 3.63) is 65.4 Å². The van der Waals surface area contributed by atoms with Crippen molar-refractivity contribution in [2.24, 2.45) is 0 Å². The summed E-state index contributed by atoms with van der Waals surface area (Å²) in [6.45, 7) is 1.98. The molecule has 5 N–H and O–H groups in total. The van der Waals surface area contributed by atoms with Gasteiger partial charge in [-0.1, -0.05) is 35.9 Å². The number of hydrogen-bond acceptors (Lipinski definition) is 6. The molecule has 0 aliphatic heterocycles. The number of nitrogens with zero attached hydrogens (tertiary/aromatic N) is 2. The smallest absolute Gasteiger partial charge is 0.173 e. The summed E-state index contributed by atoms with van der Waals surface area (Å²) in [5.74, 6) is 0.990. The van der Waals surface area contributed by atoms with E-state index in [1.54, 1.807) is 0 Å². The van der Waals surface area contributed by atoms with Gasteiger partial charge in [0.25, 0.3) is 0 Å². The molecule has 3 aromatic rings. The van der Waals surface area contributed by atoms with Gasteiger partial charge < -0.3 is 11.1 Å². The highest BCUT2D eigenvalue weighted by Gasteiger charge is 2.09. The van der Waals surface area contributed by atoms with E-state index in [4.69, 9.17) is 17.3 Å². The van der Waals surface area contributed by atoms with Crippen LogP contribution in [-0.2, 0) is 0 Å². The van der Waals surface area contributed by atoms with E-state index in [9.17, 15) is 0 Å². The zero-order valence-corrected chi connectivity index (χ0v) is 13.8. The molecule has 0 radical (unpaired) electrons. The first-order valence-corrected chi connectivity index (χ1v) is 7.72. The molecular weight excluding hydrogens is 324 g/mol. The van der Waals surface area contributed by atoms with E-state index in [1.165, 1.54) is 6.33 Å². The number of aryl methyl sites for hydroxylation is 1. The third kappa shape index (κ3) is 3.67. The molecule has 0 aliphatic rings. The first-order chi connectivity index (χ1) is 11.6. The maximum Gasteiger partial charge on any atom is 0.173 e. The Kier molecular flexibility index (Phi) is 4.67. The van der Waals surface area contributed by atoms with Crippen molar-refractivity contribution in [1.29, 1.82) is 0 Å². The third-order valence-corrected chi connectivity index (χ3v) is 3.67. The van der Waals surface area contributed by atoms with E-state index in [0.717, 1.165) is 16.9 Å². The second-order valence-electron chi connectivity index (χ2n) is 5.18. The van der Waals surface area contributed by atoms with Crippen LogP contribution in [0.5, 0.6) is 0 Å². The third-order valence-electron chi connectivity index (χ3n) is 3.44. The average Bonchev–Trinajstić information content (AvgIpc) is 2.60. The molecule has 0 amide bonds. The first kappa shape index (κ1) is 15.9. The molecule has 24 heavy (non-hydrogen) atoms. The lowest BCUT2D eigenvalue weighted by Gasteiger charge is -2.15. The van der Waals surface area contributed by atoms with Crippen molar-refractivity contribution in [2.75, 3.05) is 21.9 Å². The highest BCUT2D eigenvalue weighted by molar-refractivity contribution is 6.30. The van der Waals surface area contributed by atoms with Crippen molar-refractivity contribution in [1.82, 2.24) is 9.97 Å². The molecular formula is C17H17ClN6. The summed E-state index contributed by atoms with van der Waals surface area (Å²) in [5, 5.41) is 3.83. The largest absolute Gasteiger partial charge is 0.393 e. The summed E-state index contributed by atoms with van der Waals surface area (Å²) in [7, 11) is 0. The number of benzene rings is 2. The maximum absolute atomic E-state index is 6.16. The van der Waals surface area contributed by atoms with Crippen LogP contribution in [0.25, 0.3) is 0 Å². The van der Waals surface area contributed by atoms with Gasteiger partial charge in [-0.2, -0.15) is 0 Å². The standard InChI is InChI=1S/C17H17ClN6/c1-11-7-8-12(18)9-14(11)22-16-15(19)17(21-10-20-16)24-23-13-5-3-2-4-6-13/h2-10,23H,19H2,1H3,(H2,20,21,22,24). The van der Waals surface area contributed by atoms with E-state index < -0.39 is 0 Å². The van der Waals surface area contributed by atoms with Crippen LogP contribution in [0.4, 0.5) is 28.7 Å². The summed E-state index contributed by atoms with van der Waals surface area (Å²) < 4.78 is 0. The molecule has 0 bridgehead atoms. The van der Waals surface area contributed by atoms with Gasteiger partial charge in [0.05, 0.1) is 5.69 Å². The lowest BCUT2D eigenvalue weighted by Crippen LogP contribution is -2.13. The number of nitrogen functional groups attached to an aromatic ring is 1. The lowest BCUT2D eigenvalue weighted by atomic mass is 10.2. The number of halogens is 1. The van der Waals surface area contributed by atoms with Crippen molar-refractivity contribution in [3.8, 4) is 0 Å². The average molecular weight is 341 g/mol. The molecule has 2 aromatic carbocycles. The van der Waals surface area contributed by atoms with Gasteiger partial charge in [-0.05, 0) is 36.8 Å². The topological polar surface area (TPSA) is 87.9 Å². The Labute approximate surface area is 145 Å². The predicted octanol–water partition coefficient (Wildman–Crippen LogP) is 4.20. The van der Waals surface area contributed by atoms with E-state index in [1.807, 2.05) is 55.5 Å². The summed E-state index contributed by atoms with van der Waals surface area (Å²) in [4.78, 5) is 8.36. The van der Waals surface area contributed by atoms with Gasteiger partial charge in [-0.25, -0.2) is 9.97 Å². The van der Waals surface area contributed by atoms with Crippen LogP contribution in [0.3, 0.4) is 0 Å². The molecule has 6 nitrogen and oxygen atoms in total. The summed E-state index contributed by atoms with van der Waals surface area (Å²) >= 11 is 6.05. The monoisotopic (exact) mass is 340 g/mol. The fraction of sp³-hybridized carbons (Fsp3) is 0.0588. The fourth-order valence-electron chi connectivity index (χ4n) is 2.10. The van der Waals surface area contributed by atoms with Crippen LogP contribution < -0.4 is 21.9 Å². The molecule has 0 spiro atoms. The molecule has 0 aliphatic carbocycles. The quantitative estimate of drug-likeness (QED) is 0.520. The number of hydrogen-bond donors (Lipinski definition) is 4. The van der Waals surface area contributed by atoms with Gasteiger partial charge in [0.15, 0.2) is 11.6 Å². The van der Waals surface area contributed by atoms with Crippen LogP contribution >= 0.6 is 11.6 Å². The van der Waals surface area contributed by atoms with Crippen LogP contribution in [0.15, 0.2) is 54.9 Å². The Morgan fingerprint density at radius 1 is 0.958 bits per heavy atom. The van der Waals surface area contributed by atoms with E-state index in [0.29, 0.717) is 22.3 Å². The van der Waals surface area contributed by atoms with E-state index in [-0.39, 0.29) is 0 Å². The van der Waals surface area contributed by atoms with E-state index >= 15 is 0 Å². The molecule has 0 atom stereocenters. The fourth-order valence-corrected chi connectivity index (χ4v) is 2.28. The van der Waals surface area contributed by atoms with Gasteiger partial charge in [0.1, 0.15) is 12.0 Å². The minimum atomic E-state index is 0.403. The molecule has 1 heterocycles. The van der Waals surface area contributed by atoms with Crippen molar-refractivity contribution < 1.29 is 0 Å². The van der Waals surface area contributed by atoms with Gasteiger partial charge >= 0.3 is 0 Å². The predicted molar refractivity (Wildman–Crippen MR) is 99.6 cm³/mol. The Morgan fingerprint density at radius 3 is 2.50 bits per heavy atom.